The van der Waals surface area contributed by atoms with E-state index >= 15 is 0 Å². The third kappa shape index (κ3) is 9.10. The number of benzene rings is 3. The van der Waals surface area contributed by atoms with Gasteiger partial charge in [-0.3, -0.25) is 9.59 Å². The normalized spacial score (nSPS) is 12.2. The second-order valence-corrected chi connectivity index (χ2v) is 12.0. The maximum absolute atomic E-state index is 13.8. The predicted octanol–water partition coefficient (Wildman–Crippen LogP) is 7.09. The van der Waals surface area contributed by atoms with E-state index in [1.54, 1.807) is 28.8 Å². The van der Waals surface area contributed by atoms with Crippen molar-refractivity contribution in [1.82, 2.24) is 10.2 Å². The van der Waals surface area contributed by atoms with Gasteiger partial charge in [-0.15, -0.1) is 11.8 Å². The first kappa shape index (κ1) is 29.1. The van der Waals surface area contributed by atoms with Crippen molar-refractivity contribution < 1.29 is 9.59 Å². The van der Waals surface area contributed by atoms with Crippen LogP contribution >= 0.6 is 35.0 Å². The molecule has 0 spiro atoms. The van der Waals surface area contributed by atoms with Gasteiger partial charge >= 0.3 is 0 Å². The Kier molecular flexibility index (Phi) is 10.5. The summed E-state index contributed by atoms with van der Waals surface area (Å²) in [5.41, 5.74) is 3.66. The van der Waals surface area contributed by atoms with Crippen LogP contribution in [-0.2, 0) is 28.3 Å². The Morgan fingerprint density at radius 2 is 1.62 bits per heavy atom. The summed E-state index contributed by atoms with van der Waals surface area (Å²) in [4.78, 5) is 29.0. The molecule has 0 aliphatic carbocycles. The van der Waals surface area contributed by atoms with Crippen LogP contribution in [0.5, 0.6) is 0 Å². The average Bonchev–Trinajstić information content (AvgIpc) is 2.83. The van der Waals surface area contributed by atoms with E-state index in [9.17, 15) is 9.59 Å². The Morgan fingerprint density at radius 3 is 2.27 bits per heavy atom. The van der Waals surface area contributed by atoms with Crippen LogP contribution in [0.1, 0.15) is 43.0 Å². The highest BCUT2D eigenvalue weighted by atomic mass is 35.5. The topological polar surface area (TPSA) is 49.4 Å². The molecule has 1 N–H and O–H groups in total. The number of rotatable bonds is 10. The Hall–Kier alpha value is -2.47. The molecule has 0 fully saturated rings. The summed E-state index contributed by atoms with van der Waals surface area (Å²) < 4.78 is 0. The van der Waals surface area contributed by atoms with E-state index in [1.807, 2.05) is 69.3 Å². The zero-order valence-corrected chi connectivity index (χ0v) is 24.1. The van der Waals surface area contributed by atoms with Gasteiger partial charge in [0.2, 0.25) is 11.8 Å². The molecule has 0 aliphatic rings. The first-order valence-corrected chi connectivity index (χ1v) is 14.2. The Labute approximate surface area is 234 Å². The number of hydrogen-bond donors (Lipinski definition) is 1. The van der Waals surface area contributed by atoms with E-state index in [2.05, 4.69) is 24.4 Å². The van der Waals surface area contributed by atoms with Crippen LogP contribution in [-0.4, -0.2) is 34.0 Å². The molecule has 2 amide bonds. The minimum absolute atomic E-state index is 0.116. The van der Waals surface area contributed by atoms with Crippen molar-refractivity contribution in [3.63, 3.8) is 0 Å². The maximum atomic E-state index is 13.8. The van der Waals surface area contributed by atoms with Gasteiger partial charge in [-0.2, -0.15) is 0 Å². The number of hydrogen-bond acceptors (Lipinski definition) is 3. The van der Waals surface area contributed by atoms with Crippen LogP contribution < -0.4 is 5.32 Å². The average molecular weight is 558 g/mol. The highest BCUT2D eigenvalue weighted by Crippen LogP contribution is 2.25. The lowest BCUT2D eigenvalue weighted by molar-refractivity contribution is -0.140. The van der Waals surface area contributed by atoms with Crippen molar-refractivity contribution in [2.24, 2.45) is 0 Å². The van der Waals surface area contributed by atoms with Crippen molar-refractivity contribution in [3.8, 4) is 0 Å². The smallest absolute Gasteiger partial charge is 0.243 e. The number of carbonyl (C=O) groups is 2. The maximum Gasteiger partial charge on any atom is 0.243 e. The lowest BCUT2D eigenvalue weighted by atomic mass is 10.0. The summed E-state index contributed by atoms with van der Waals surface area (Å²) in [6.07, 6.45) is 0.391. The predicted molar refractivity (Wildman–Crippen MR) is 156 cm³/mol. The Morgan fingerprint density at radius 1 is 0.946 bits per heavy atom. The third-order valence-corrected chi connectivity index (χ3v) is 7.42. The molecular formula is C30H34Cl2N2O2S. The van der Waals surface area contributed by atoms with Crippen LogP contribution in [0.15, 0.2) is 72.8 Å². The highest BCUT2D eigenvalue weighted by molar-refractivity contribution is 7.99. The van der Waals surface area contributed by atoms with Crippen LogP contribution in [0.3, 0.4) is 0 Å². The van der Waals surface area contributed by atoms with Crippen LogP contribution in [0.4, 0.5) is 0 Å². The highest BCUT2D eigenvalue weighted by Gasteiger charge is 2.32. The summed E-state index contributed by atoms with van der Waals surface area (Å²) in [5.74, 6) is 0.646. The van der Waals surface area contributed by atoms with E-state index in [4.69, 9.17) is 23.2 Å². The van der Waals surface area contributed by atoms with Gasteiger partial charge in [0.05, 0.1) is 5.75 Å². The molecule has 0 bridgehead atoms. The molecule has 7 heteroatoms. The molecule has 196 valence electrons. The summed E-state index contributed by atoms with van der Waals surface area (Å²) >= 11 is 14.2. The molecule has 0 saturated carbocycles. The number of amides is 2. The fourth-order valence-corrected chi connectivity index (χ4v) is 5.40. The number of nitrogens with zero attached hydrogens (tertiary/aromatic N) is 1. The SMILES string of the molecule is Cc1ccccc1CSCC(=O)N(Cc1ccc(Cl)cc1Cl)[C@H](Cc1ccccc1)C(=O)NC(C)(C)C. The molecule has 0 aromatic heterocycles. The summed E-state index contributed by atoms with van der Waals surface area (Å²) in [6.45, 7) is 8.08. The monoisotopic (exact) mass is 556 g/mol. The molecule has 0 aliphatic heterocycles. The van der Waals surface area contributed by atoms with Crippen molar-refractivity contribution in [2.75, 3.05) is 5.75 Å². The van der Waals surface area contributed by atoms with Crippen molar-refractivity contribution in [3.05, 3.63) is 105 Å². The van der Waals surface area contributed by atoms with Gasteiger partial charge in [0, 0.05) is 34.3 Å². The number of thioether (sulfide) groups is 1. The summed E-state index contributed by atoms with van der Waals surface area (Å²) in [6, 6.07) is 22.4. The first-order valence-electron chi connectivity index (χ1n) is 12.2. The van der Waals surface area contributed by atoms with Crippen LogP contribution in [0.2, 0.25) is 10.0 Å². The lowest BCUT2D eigenvalue weighted by Crippen LogP contribution is -2.54. The quantitative estimate of drug-likeness (QED) is 0.290. The fraction of sp³-hybridized carbons (Fsp3) is 0.333. The van der Waals surface area contributed by atoms with Gasteiger partial charge in [0.25, 0.3) is 0 Å². The van der Waals surface area contributed by atoms with Crippen molar-refractivity contribution in [1.29, 1.82) is 0 Å². The zero-order chi connectivity index (χ0) is 27.0. The molecule has 3 aromatic carbocycles. The molecule has 4 nitrogen and oxygen atoms in total. The summed E-state index contributed by atoms with van der Waals surface area (Å²) in [5, 5.41) is 4.07. The summed E-state index contributed by atoms with van der Waals surface area (Å²) in [7, 11) is 0. The molecule has 0 saturated heterocycles. The number of halogens is 2. The molecule has 0 radical (unpaired) electrons. The van der Waals surface area contributed by atoms with E-state index in [0.29, 0.717) is 22.2 Å². The fourth-order valence-electron chi connectivity index (χ4n) is 3.94. The van der Waals surface area contributed by atoms with Crippen LogP contribution in [0.25, 0.3) is 0 Å². The lowest BCUT2D eigenvalue weighted by Gasteiger charge is -2.34. The minimum atomic E-state index is -0.708. The zero-order valence-electron chi connectivity index (χ0n) is 21.8. The van der Waals surface area contributed by atoms with Gasteiger partial charge in [-0.05, 0) is 62.1 Å². The van der Waals surface area contributed by atoms with E-state index in [-0.39, 0.29) is 24.1 Å². The standard InChI is InChI=1S/C30H34Cl2N2O2S/c1-21-10-8-9-13-24(21)19-37-20-28(35)34(18-23-14-15-25(31)17-26(23)32)27(29(36)33-30(2,3)4)16-22-11-6-5-7-12-22/h5-15,17,27H,16,18-20H2,1-4H3,(H,33,36)/t27-/m1/s1. The number of carbonyl (C=O) groups excluding carboxylic acids is 2. The van der Waals surface area contributed by atoms with Gasteiger partial charge in [-0.25, -0.2) is 0 Å². The number of nitrogens with one attached hydrogen (secondary N) is 1. The van der Waals surface area contributed by atoms with Gasteiger partial charge < -0.3 is 10.2 Å². The number of aryl methyl sites for hydroxylation is 1. The van der Waals surface area contributed by atoms with E-state index in [1.165, 1.54) is 11.1 Å². The van der Waals surface area contributed by atoms with Crippen LogP contribution in [0, 0.1) is 6.92 Å². The van der Waals surface area contributed by atoms with Gasteiger partial charge in [-0.1, -0.05) is 83.9 Å². The molecule has 0 unspecified atom stereocenters. The van der Waals surface area contributed by atoms with Crippen molar-refractivity contribution in [2.45, 2.75) is 58.0 Å². The molecular weight excluding hydrogens is 523 g/mol. The Bertz CT molecular complexity index is 1210. The third-order valence-electron chi connectivity index (χ3n) is 5.87. The Balaban J connectivity index is 1.91. The van der Waals surface area contributed by atoms with Gasteiger partial charge in [0.15, 0.2) is 0 Å². The molecule has 3 aromatic rings. The first-order chi connectivity index (χ1) is 17.5. The van der Waals surface area contributed by atoms with Gasteiger partial charge in [0.1, 0.15) is 6.04 Å². The molecule has 37 heavy (non-hydrogen) atoms. The second kappa shape index (κ2) is 13.4. The second-order valence-electron chi connectivity index (χ2n) is 10.1. The minimum Gasteiger partial charge on any atom is -0.350 e. The van der Waals surface area contributed by atoms with E-state index in [0.717, 1.165) is 11.1 Å². The largest absolute Gasteiger partial charge is 0.350 e. The van der Waals surface area contributed by atoms with E-state index < -0.39 is 11.6 Å². The van der Waals surface area contributed by atoms with Crippen molar-refractivity contribution >= 4 is 46.8 Å². The molecule has 1 atom stereocenters. The molecule has 3 rings (SSSR count). The molecule has 0 heterocycles.